The molecule has 0 saturated heterocycles. The molecule has 0 saturated carbocycles. The number of benzene rings is 1. The zero-order chi connectivity index (χ0) is 21.8. The lowest BCUT2D eigenvalue weighted by Crippen LogP contribution is -2.24. The van der Waals surface area contributed by atoms with Crippen LogP contribution in [0.3, 0.4) is 0 Å². The van der Waals surface area contributed by atoms with E-state index in [1.54, 1.807) is 38.2 Å². The lowest BCUT2D eigenvalue weighted by molar-refractivity contribution is -0.116. The molecule has 2 amide bonds. The minimum atomic E-state index is -0.322. The summed E-state index contributed by atoms with van der Waals surface area (Å²) in [6, 6.07) is 6.68. The number of carbonyl (C=O) groups excluding carboxylic acids is 2. The van der Waals surface area contributed by atoms with Crippen molar-refractivity contribution in [2.45, 2.75) is 33.1 Å². The number of aryl methyl sites for hydroxylation is 2. The number of nitrogens with zero attached hydrogens (tertiary/aromatic N) is 1. The van der Waals surface area contributed by atoms with Crippen molar-refractivity contribution in [1.29, 1.82) is 0 Å². The van der Waals surface area contributed by atoms with E-state index < -0.39 is 0 Å². The Morgan fingerprint density at radius 2 is 1.93 bits per heavy atom. The van der Waals surface area contributed by atoms with Gasteiger partial charge in [-0.25, -0.2) is 0 Å². The molecule has 4 N–H and O–H groups in total. The summed E-state index contributed by atoms with van der Waals surface area (Å²) in [6.07, 6.45) is 1.09. The summed E-state index contributed by atoms with van der Waals surface area (Å²) in [5.41, 5.74) is 1.75. The standard InChI is InChI=1S/C21H25N5O4/c1-4-10-22-19(28)13-6-5-7-14(11-13)23-16(27)9-8-15-12(2)17-18(24-20(15)29)26(3)25-21(17)30/h5-7,11H,4,8-10H2,1-3H3,(H,22,28)(H,23,27)(H,24,29)(H,25,30). The Kier molecular flexibility index (Phi) is 6.20. The number of pyridine rings is 1. The smallest absolute Gasteiger partial charge is 0.273 e. The number of carbonyl (C=O) groups is 2. The average molecular weight is 411 g/mol. The van der Waals surface area contributed by atoms with Crippen LogP contribution in [0.15, 0.2) is 33.9 Å². The van der Waals surface area contributed by atoms with E-state index in [2.05, 4.69) is 20.7 Å². The van der Waals surface area contributed by atoms with Gasteiger partial charge in [0.25, 0.3) is 17.0 Å². The van der Waals surface area contributed by atoms with Crippen LogP contribution in [0.25, 0.3) is 11.0 Å². The number of fused-ring (bicyclic) bond motifs is 1. The molecule has 3 aromatic rings. The van der Waals surface area contributed by atoms with Crippen LogP contribution in [0.1, 0.15) is 41.3 Å². The van der Waals surface area contributed by atoms with Crippen LogP contribution in [0.5, 0.6) is 0 Å². The molecule has 2 aromatic heterocycles. The van der Waals surface area contributed by atoms with E-state index in [-0.39, 0.29) is 35.8 Å². The van der Waals surface area contributed by atoms with Gasteiger partial charge < -0.3 is 15.6 Å². The molecule has 0 aliphatic rings. The maximum Gasteiger partial charge on any atom is 0.273 e. The number of hydrogen-bond acceptors (Lipinski definition) is 4. The highest BCUT2D eigenvalue weighted by molar-refractivity contribution is 5.97. The Morgan fingerprint density at radius 1 is 1.17 bits per heavy atom. The van der Waals surface area contributed by atoms with Crippen molar-refractivity contribution in [3.05, 3.63) is 61.7 Å². The van der Waals surface area contributed by atoms with Gasteiger partial charge >= 0.3 is 0 Å². The van der Waals surface area contributed by atoms with Crippen LogP contribution < -0.4 is 21.8 Å². The monoisotopic (exact) mass is 411 g/mol. The van der Waals surface area contributed by atoms with Crippen LogP contribution in [-0.4, -0.2) is 33.1 Å². The normalized spacial score (nSPS) is 10.9. The molecule has 0 radical (unpaired) electrons. The van der Waals surface area contributed by atoms with Crippen molar-refractivity contribution >= 4 is 28.5 Å². The number of nitrogens with one attached hydrogen (secondary N) is 4. The molecular weight excluding hydrogens is 386 g/mol. The lowest BCUT2D eigenvalue weighted by Gasteiger charge is -2.09. The van der Waals surface area contributed by atoms with Crippen molar-refractivity contribution in [3.8, 4) is 0 Å². The molecule has 9 heteroatoms. The molecular formula is C21H25N5O4. The zero-order valence-corrected chi connectivity index (χ0v) is 17.2. The van der Waals surface area contributed by atoms with Crippen molar-refractivity contribution in [1.82, 2.24) is 20.1 Å². The van der Waals surface area contributed by atoms with E-state index in [1.165, 1.54) is 4.68 Å². The van der Waals surface area contributed by atoms with Crippen LogP contribution >= 0.6 is 0 Å². The molecule has 0 aliphatic carbocycles. The Balaban J connectivity index is 1.71. The third-order valence-corrected chi connectivity index (χ3v) is 4.95. The SMILES string of the molecule is CCCNC(=O)c1cccc(NC(=O)CCc2c(C)c3c(=O)[nH]n(C)c3[nH]c2=O)c1. The molecule has 2 heterocycles. The van der Waals surface area contributed by atoms with E-state index in [9.17, 15) is 19.2 Å². The zero-order valence-electron chi connectivity index (χ0n) is 17.2. The van der Waals surface area contributed by atoms with Gasteiger partial charge in [-0.05, 0) is 43.5 Å². The molecule has 9 nitrogen and oxygen atoms in total. The first-order valence-electron chi connectivity index (χ1n) is 9.80. The molecule has 0 bridgehead atoms. The van der Waals surface area contributed by atoms with Gasteiger partial charge in [0.2, 0.25) is 5.91 Å². The molecule has 0 unspecified atom stereocenters. The van der Waals surface area contributed by atoms with Crippen LogP contribution in [0, 0.1) is 6.92 Å². The Labute approximate surface area is 172 Å². The molecule has 0 spiro atoms. The summed E-state index contributed by atoms with van der Waals surface area (Å²) in [5.74, 6) is -0.488. The Hall–Kier alpha value is -3.62. The fourth-order valence-electron chi connectivity index (χ4n) is 3.38. The molecule has 158 valence electrons. The molecule has 30 heavy (non-hydrogen) atoms. The van der Waals surface area contributed by atoms with Gasteiger partial charge in [0.1, 0.15) is 5.65 Å². The Bertz CT molecular complexity index is 1220. The second-order valence-corrected chi connectivity index (χ2v) is 7.17. The van der Waals surface area contributed by atoms with E-state index in [0.29, 0.717) is 40.0 Å². The van der Waals surface area contributed by atoms with E-state index in [1.807, 2.05) is 6.92 Å². The number of amides is 2. The lowest BCUT2D eigenvalue weighted by atomic mass is 10.0. The second kappa shape index (κ2) is 8.81. The van der Waals surface area contributed by atoms with E-state index in [4.69, 9.17) is 0 Å². The van der Waals surface area contributed by atoms with Gasteiger partial charge in [-0.2, -0.15) is 0 Å². The van der Waals surface area contributed by atoms with Crippen molar-refractivity contribution < 1.29 is 9.59 Å². The first kappa shape index (κ1) is 21.1. The highest BCUT2D eigenvalue weighted by Gasteiger charge is 2.16. The topological polar surface area (TPSA) is 129 Å². The summed E-state index contributed by atoms with van der Waals surface area (Å²) in [6.45, 7) is 4.26. The maximum atomic E-state index is 12.4. The summed E-state index contributed by atoms with van der Waals surface area (Å²) >= 11 is 0. The van der Waals surface area contributed by atoms with Crippen molar-refractivity contribution in [3.63, 3.8) is 0 Å². The van der Waals surface area contributed by atoms with Gasteiger partial charge in [0, 0.05) is 36.8 Å². The number of rotatable bonds is 7. The van der Waals surface area contributed by atoms with Crippen molar-refractivity contribution in [2.24, 2.45) is 7.05 Å². The van der Waals surface area contributed by atoms with Gasteiger partial charge in [-0.1, -0.05) is 13.0 Å². The predicted octanol–water partition coefficient (Wildman–Crippen LogP) is 1.57. The number of anilines is 1. The third-order valence-electron chi connectivity index (χ3n) is 4.95. The number of H-pyrrole nitrogens is 2. The van der Waals surface area contributed by atoms with Crippen molar-refractivity contribution in [2.75, 3.05) is 11.9 Å². The molecule has 1 aromatic carbocycles. The Morgan fingerprint density at radius 3 is 2.67 bits per heavy atom. The molecule has 0 atom stereocenters. The number of hydrogen-bond donors (Lipinski definition) is 4. The average Bonchev–Trinajstić information content (AvgIpc) is 2.99. The third kappa shape index (κ3) is 4.35. The first-order valence-corrected chi connectivity index (χ1v) is 9.80. The molecule has 0 aliphatic heterocycles. The van der Waals surface area contributed by atoms with E-state index in [0.717, 1.165) is 6.42 Å². The van der Waals surface area contributed by atoms with Crippen LogP contribution in [0.4, 0.5) is 5.69 Å². The fraction of sp³-hybridized carbons (Fsp3) is 0.333. The largest absolute Gasteiger partial charge is 0.352 e. The summed E-state index contributed by atoms with van der Waals surface area (Å²) in [5, 5.41) is 8.57. The molecule has 0 fully saturated rings. The minimum Gasteiger partial charge on any atom is -0.352 e. The molecule has 3 rings (SSSR count). The minimum absolute atomic E-state index is 0.0619. The van der Waals surface area contributed by atoms with Gasteiger partial charge in [0.15, 0.2) is 0 Å². The fourth-order valence-corrected chi connectivity index (χ4v) is 3.38. The predicted molar refractivity (Wildman–Crippen MR) is 115 cm³/mol. The van der Waals surface area contributed by atoms with E-state index >= 15 is 0 Å². The summed E-state index contributed by atoms with van der Waals surface area (Å²) < 4.78 is 1.46. The first-order chi connectivity index (χ1) is 14.3. The van der Waals surface area contributed by atoms with Gasteiger partial charge in [-0.3, -0.25) is 29.0 Å². The summed E-state index contributed by atoms with van der Waals surface area (Å²) in [7, 11) is 1.64. The maximum absolute atomic E-state index is 12.4. The number of aromatic nitrogens is 3. The highest BCUT2D eigenvalue weighted by Crippen LogP contribution is 2.15. The summed E-state index contributed by atoms with van der Waals surface area (Å²) in [4.78, 5) is 51.7. The van der Waals surface area contributed by atoms with Gasteiger partial charge in [-0.15, -0.1) is 0 Å². The van der Waals surface area contributed by atoms with Crippen LogP contribution in [-0.2, 0) is 18.3 Å². The second-order valence-electron chi connectivity index (χ2n) is 7.17. The number of aromatic amines is 2. The quantitative estimate of drug-likeness (QED) is 0.470. The van der Waals surface area contributed by atoms with Gasteiger partial charge in [0.05, 0.1) is 5.39 Å². The highest BCUT2D eigenvalue weighted by atomic mass is 16.2. The van der Waals surface area contributed by atoms with Crippen LogP contribution in [0.2, 0.25) is 0 Å².